The highest BCUT2D eigenvalue weighted by atomic mass is 32.2. The zero-order chi connectivity index (χ0) is 17.7. The second-order valence-corrected chi connectivity index (χ2v) is 8.85. The molecule has 0 aromatic heterocycles. The van der Waals surface area contributed by atoms with E-state index in [0.717, 1.165) is 16.8 Å². The van der Waals surface area contributed by atoms with Crippen LogP contribution in [-0.2, 0) is 11.0 Å². The molecule has 2 rings (SSSR count). The summed E-state index contributed by atoms with van der Waals surface area (Å²) in [6.45, 7) is 9.92. The first-order valence-electron chi connectivity index (χ1n) is 8.08. The zero-order valence-electron chi connectivity index (χ0n) is 15.0. The van der Waals surface area contributed by atoms with Gasteiger partial charge in [0, 0.05) is 5.56 Å². The fourth-order valence-corrected chi connectivity index (χ4v) is 2.60. The van der Waals surface area contributed by atoms with E-state index in [2.05, 4.69) is 42.5 Å². The van der Waals surface area contributed by atoms with Crippen LogP contribution in [0.25, 0.3) is 6.08 Å². The van der Waals surface area contributed by atoms with E-state index in [1.165, 1.54) is 11.1 Å². The van der Waals surface area contributed by atoms with Gasteiger partial charge in [0.15, 0.2) is 0 Å². The van der Waals surface area contributed by atoms with Crippen molar-refractivity contribution in [3.05, 3.63) is 76.9 Å². The van der Waals surface area contributed by atoms with E-state index in [1.807, 2.05) is 57.2 Å². The van der Waals surface area contributed by atoms with Crippen LogP contribution in [-0.4, -0.2) is 14.7 Å². The van der Waals surface area contributed by atoms with Crippen LogP contribution in [0.15, 0.2) is 59.0 Å². The largest absolute Gasteiger partial charge is 0.234 e. The maximum atomic E-state index is 12.5. The minimum atomic E-state index is -1.30. The molecule has 0 fully saturated rings. The van der Waals surface area contributed by atoms with Gasteiger partial charge in [-0.25, -0.2) is 4.21 Å². The Bertz CT molecular complexity index is 763. The summed E-state index contributed by atoms with van der Waals surface area (Å²) in [7, 11) is -1.30. The summed E-state index contributed by atoms with van der Waals surface area (Å²) in [5.74, 6) is 0. The van der Waals surface area contributed by atoms with Gasteiger partial charge < -0.3 is 0 Å². The van der Waals surface area contributed by atoms with E-state index in [0.29, 0.717) is 0 Å². The second-order valence-electron chi connectivity index (χ2n) is 6.95. The summed E-state index contributed by atoms with van der Waals surface area (Å²) in [6, 6.07) is 16.4. The Hall–Kier alpha value is -2.00. The monoisotopic (exact) mass is 339 g/mol. The van der Waals surface area contributed by atoms with Crippen molar-refractivity contribution in [2.24, 2.45) is 4.40 Å². The van der Waals surface area contributed by atoms with Gasteiger partial charge in [0.25, 0.3) is 0 Å². The van der Waals surface area contributed by atoms with E-state index in [9.17, 15) is 4.21 Å². The summed E-state index contributed by atoms with van der Waals surface area (Å²) >= 11 is 0. The molecule has 2 aromatic carbocycles. The summed E-state index contributed by atoms with van der Waals surface area (Å²) in [4.78, 5) is 0. The standard InChI is InChI=1S/C21H25NOS/c1-16-6-10-18(11-7-16)12-15-20(22-24(23)21(3,4)5)19-13-8-17(2)9-14-19/h6-15H,1-5H3/b15-12+,22-20-. The van der Waals surface area contributed by atoms with Crippen molar-refractivity contribution in [3.8, 4) is 0 Å². The van der Waals surface area contributed by atoms with E-state index in [-0.39, 0.29) is 4.75 Å². The van der Waals surface area contributed by atoms with Crippen LogP contribution in [0.1, 0.15) is 43.0 Å². The van der Waals surface area contributed by atoms with Gasteiger partial charge in [0.05, 0.1) is 10.5 Å². The highest BCUT2D eigenvalue weighted by Crippen LogP contribution is 2.16. The van der Waals surface area contributed by atoms with Crippen LogP contribution in [0, 0.1) is 13.8 Å². The van der Waals surface area contributed by atoms with Gasteiger partial charge in [0.2, 0.25) is 0 Å². The molecule has 126 valence electrons. The van der Waals surface area contributed by atoms with Gasteiger partial charge in [-0.3, -0.25) is 0 Å². The first-order valence-corrected chi connectivity index (χ1v) is 9.19. The third kappa shape index (κ3) is 5.27. The molecule has 0 saturated carbocycles. The van der Waals surface area contributed by atoms with E-state index >= 15 is 0 Å². The van der Waals surface area contributed by atoms with Crippen LogP contribution < -0.4 is 0 Å². The van der Waals surface area contributed by atoms with Crippen LogP contribution in [0.3, 0.4) is 0 Å². The molecule has 2 aromatic rings. The van der Waals surface area contributed by atoms with Crippen molar-refractivity contribution in [3.63, 3.8) is 0 Å². The minimum Gasteiger partial charge on any atom is -0.234 e. The molecule has 0 aliphatic rings. The molecule has 0 bridgehead atoms. The number of hydrogen-bond donors (Lipinski definition) is 0. The fraction of sp³-hybridized carbons (Fsp3) is 0.286. The molecular formula is C21H25NOS. The van der Waals surface area contributed by atoms with Gasteiger partial charge in [-0.05, 0) is 46.3 Å². The highest BCUT2D eigenvalue weighted by Gasteiger charge is 2.19. The van der Waals surface area contributed by atoms with Gasteiger partial charge in [0.1, 0.15) is 11.0 Å². The summed E-state index contributed by atoms with van der Waals surface area (Å²) in [5.41, 5.74) is 5.23. The number of nitrogens with zero attached hydrogens (tertiary/aromatic N) is 1. The van der Waals surface area contributed by atoms with Crippen molar-refractivity contribution in [2.75, 3.05) is 0 Å². The van der Waals surface area contributed by atoms with Gasteiger partial charge in [-0.2, -0.15) is 4.40 Å². The molecule has 2 nitrogen and oxygen atoms in total. The predicted octanol–water partition coefficient (Wildman–Crippen LogP) is 5.27. The lowest BCUT2D eigenvalue weighted by atomic mass is 10.1. The Morgan fingerprint density at radius 2 is 1.42 bits per heavy atom. The number of hydrogen-bond acceptors (Lipinski definition) is 1. The van der Waals surface area contributed by atoms with Crippen LogP contribution in [0.5, 0.6) is 0 Å². The first kappa shape index (κ1) is 18.3. The third-order valence-corrected chi connectivity index (χ3v) is 4.97. The van der Waals surface area contributed by atoms with Crippen molar-refractivity contribution in [1.82, 2.24) is 0 Å². The lowest BCUT2D eigenvalue weighted by molar-refractivity contribution is 0.650. The highest BCUT2D eigenvalue weighted by molar-refractivity contribution is 7.85. The molecule has 0 saturated heterocycles. The van der Waals surface area contributed by atoms with E-state index < -0.39 is 11.0 Å². The summed E-state index contributed by atoms with van der Waals surface area (Å²) in [6.07, 6.45) is 3.96. The predicted molar refractivity (Wildman–Crippen MR) is 106 cm³/mol. The minimum absolute atomic E-state index is 0.381. The van der Waals surface area contributed by atoms with E-state index in [1.54, 1.807) is 0 Å². The number of aryl methyl sites for hydroxylation is 2. The van der Waals surface area contributed by atoms with Crippen molar-refractivity contribution < 1.29 is 4.21 Å². The molecule has 0 heterocycles. The molecule has 0 spiro atoms. The molecule has 0 amide bonds. The first-order chi connectivity index (χ1) is 11.3. The number of allylic oxidation sites excluding steroid dienone is 1. The molecule has 0 aliphatic carbocycles. The van der Waals surface area contributed by atoms with Crippen molar-refractivity contribution in [2.45, 2.75) is 39.4 Å². The quantitative estimate of drug-likeness (QED) is 0.698. The third-order valence-electron chi connectivity index (χ3n) is 3.56. The number of rotatable bonds is 4. The number of benzene rings is 2. The molecular weight excluding hydrogens is 314 g/mol. The maximum absolute atomic E-state index is 12.5. The van der Waals surface area contributed by atoms with E-state index in [4.69, 9.17) is 0 Å². The van der Waals surface area contributed by atoms with Gasteiger partial charge in [-0.15, -0.1) is 0 Å². The topological polar surface area (TPSA) is 29.4 Å². The van der Waals surface area contributed by atoms with Gasteiger partial charge >= 0.3 is 0 Å². The van der Waals surface area contributed by atoms with Crippen LogP contribution >= 0.6 is 0 Å². The SMILES string of the molecule is Cc1ccc(/C=C/C(=N/S(=O)C(C)(C)C)c2ccc(C)cc2)cc1. The maximum Gasteiger partial charge on any atom is 0.145 e. The molecule has 1 unspecified atom stereocenters. The molecule has 0 radical (unpaired) electrons. The normalized spacial score (nSPS) is 14.1. The molecule has 0 aliphatic heterocycles. The summed E-state index contributed by atoms with van der Waals surface area (Å²) in [5, 5.41) is 0. The van der Waals surface area contributed by atoms with Crippen molar-refractivity contribution >= 4 is 22.8 Å². The Balaban J connectivity index is 2.39. The molecule has 3 heteroatoms. The Labute approximate surface area is 147 Å². The Morgan fingerprint density at radius 1 is 0.917 bits per heavy atom. The fourth-order valence-electron chi connectivity index (χ4n) is 1.98. The average Bonchev–Trinajstić information content (AvgIpc) is 2.52. The molecule has 24 heavy (non-hydrogen) atoms. The summed E-state index contributed by atoms with van der Waals surface area (Å²) < 4.78 is 16.6. The van der Waals surface area contributed by atoms with Gasteiger partial charge in [-0.1, -0.05) is 65.7 Å². The Morgan fingerprint density at radius 3 is 1.92 bits per heavy atom. The smallest absolute Gasteiger partial charge is 0.145 e. The van der Waals surface area contributed by atoms with Crippen LogP contribution in [0.2, 0.25) is 0 Å². The molecule has 1 atom stereocenters. The zero-order valence-corrected chi connectivity index (χ0v) is 15.9. The Kier molecular flexibility index (Phi) is 5.89. The lowest BCUT2D eigenvalue weighted by Crippen LogP contribution is -2.20. The van der Waals surface area contributed by atoms with Crippen molar-refractivity contribution in [1.29, 1.82) is 0 Å². The molecule has 0 N–H and O–H groups in total. The average molecular weight is 340 g/mol. The lowest BCUT2D eigenvalue weighted by Gasteiger charge is -2.14. The second kappa shape index (κ2) is 7.71. The van der Waals surface area contributed by atoms with Crippen LogP contribution in [0.4, 0.5) is 0 Å².